The molecule has 3 heteroatoms. The van der Waals surface area contributed by atoms with Crippen LogP contribution >= 0.6 is 0 Å². The van der Waals surface area contributed by atoms with Gasteiger partial charge in [-0.25, -0.2) is 0 Å². The third-order valence-corrected chi connectivity index (χ3v) is 3.20. The lowest BCUT2D eigenvalue weighted by molar-refractivity contribution is 0.706. The minimum atomic E-state index is 0.496. The molecular weight excluding hydrogens is 234 g/mol. The van der Waals surface area contributed by atoms with Gasteiger partial charge in [-0.2, -0.15) is 5.26 Å². The first-order chi connectivity index (χ1) is 9.31. The molecule has 0 amide bonds. The third kappa shape index (κ3) is 3.56. The minimum absolute atomic E-state index is 0.496. The number of hydrogen-bond acceptors (Lipinski definition) is 3. The Hall–Kier alpha value is -2.34. The molecule has 0 radical (unpaired) electrons. The summed E-state index contributed by atoms with van der Waals surface area (Å²) in [4.78, 5) is 4.04. The molecule has 1 heterocycles. The highest BCUT2D eigenvalue weighted by molar-refractivity contribution is 5.55. The molecule has 3 nitrogen and oxygen atoms in total. The average Bonchev–Trinajstić information content (AvgIpc) is 2.48. The summed E-state index contributed by atoms with van der Waals surface area (Å²) in [6.45, 7) is 3.04. The van der Waals surface area contributed by atoms with Gasteiger partial charge in [0.25, 0.3) is 0 Å². The third-order valence-electron chi connectivity index (χ3n) is 3.20. The highest BCUT2D eigenvalue weighted by atomic mass is 14.9. The van der Waals surface area contributed by atoms with Crippen molar-refractivity contribution >= 4 is 5.69 Å². The summed E-state index contributed by atoms with van der Waals surface area (Å²) in [6.07, 6.45) is 4.35. The van der Waals surface area contributed by atoms with Crippen LogP contribution in [0.1, 0.15) is 30.4 Å². The van der Waals surface area contributed by atoms with Gasteiger partial charge in [0.15, 0.2) is 0 Å². The second-order valence-electron chi connectivity index (χ2n) is 4.56. The van der Waals surface area contributed by atoms with Gasteiger partial charge in [-0.15, -0.1) is 0 Å². The highest BCUT2D eigenvalue weighted by Crippen LogP contribution is 2.19. The van der Waals surface area contributed by atoms with Crippen LogP contribution in [0.2, 0.25) is 0 Å². The Morgan fingerprint density at radius 3 is 2.79 bits per heavy atom. The van der Waals surface area contributed by atoms with Gasteiger partial charge in [0.2, 0.25) is 0 Å². The molecule has 1 aromatic carbocycles. The molecule has 0 fully saturated rings. The van der Waals surface area contributed by atoms with Gasteiger partial charge < -0.3 is 5.32 Å². The lowest BCUT2D eigenvalue weighted by Crippen LogP contribution is -2.07. The van der Waals surface area contributed by atoms with Crippen LogP contribution in [0.3, 0.4) is 0 Å². The average molecular weight is 251 g/mol. The number of nitrogens with zero attached hydrogens (tertiary/aromatic N) is 2. The fourth-order valence-electron chi connectivity index (χ4n) is 2.00. The first kappa shape index (κ1) is 13.1. The van der Waals surface area contributed by atoms with E-state index in [4.69, 9.17) is 5.26 Å². The number of nitriles is 1. The van der Waals surface area contributed by atoms with Crippen LogP contribution in [0, 0.1) is 11.3 Å². The number of nitrogens with one attached hydrogen (secondary N) is 1. The second-order valence-corrected chi connectivity index (χ2v) is 4.56. The van der Waals surface area contributed by atoms with Gasteiger partial charge in [-0.3, -0.25) is 4.98 Å². The summed E-state index contributed by atoms with van der Waals surface area (Å²) in [5, 5.41) is 12.3. The molecule has 1 N–H and O–H groups in total. The summed E-state index contributed by atoms with van der Waals surface area (Å²) < 4.78 is 0. The Balaban J connectivity index is 1.89. The van der Waals surface area contributed by atoms with Crippen LogP contribution in [0.15, 0.2) is 48.8 Å². The van der Waals surface area contributed by atoms with E-state index in [0.717, 1.165) is 18.7 Å². The quantitative estimate of drug-likeness (QED) is 0.884. The molecule has 0 saturated heterocycles. The first-order valence-electron chi connectivity index (χ1n) is 6.44. The number of rotatable bonds is 5. The maximum Gasteiger partial charge on any atom is 0.101 e. The summed E-state index contributed by atoms with van der Waals surface area (Å²) in [7, 11) is 0. The van der Waals surface area contributed by atoms with Crippen molar-refractivity contribution in [3.63, 3.8) is 0 Å². The minimum Gasteiger partial charge on any atom is -0.383 e. The molecule has 19 heavy (non-hydrogen) atoms. The van der Waals surface area contributed by atoms with E-state index in [1.807, 2.05) is 6.07 Å². The van der Waals surface area contributed by atoms with E-state index < -0.39 is 0 Å². The van der Waals surface area contributed by atoms with Gasteiger partial charge in [-0.05, 0) is 24.0 Å². The molecule has 0 spiro atoms. The Bertz CT molecular complexity index is 558. The molecule has 0 aliphatic rings. The van der Waals surface area contributed by atoms with Crippen molar-refractivity contribution in [3.8, 4) is 6.07 Å². The molecule has 1 aromatic heterocycles. The SMILES string of the molecule is CC(CCNc1cnccc1C#N)c1ccccc1. The maximum atomic E-state index is 8.99. The summed E-state index contributed by atoms with van der Waals surface area (Å²) in [6, 6.07) is 14.3. The molecule has 2 aromatic rings. The van der Waals surface area contributed by atoms with Crippen LogP contribution < -0.4 is 5.32 Å². The smallest absolute Gasteiger partial charge is 0.101 e. The topological polar surface area (TPSA) is 48.7 Å². The van der Waals surface area contributed by atoms with Crippen molar-refractivity contribution in [3.05, 3.63) is 59.9 Å². The molecule has 2 rings (SSSR count). The molecule has 0 bridgehead atoms. The second kappa shape index (κ2) is 6.55. The molecular formula is C16H17N3. The molecule has 0 aliphatic carbocycles. The molecule has 1 unspecified atom stereocenters. The van der Waals surface area contributed by atoms with E-state index in [1.165, 1.54) is 5.56 Å². The van der Waals surface area contributed by atoms with Crippen molar-refractivity contribution in [2.24, 2.45) is 0 Å². The normalized spacial score (nSPS) is 11.6. The van der Waals surface area contributed by atoms with Crippen LogP contribution in [0.4, 0.5) is 5.69 Å². The van der Waals surface area contributed by atoms with Gasteiger partial charge in [0.05, 0.1) is 17.4 Å². The zero-order valence-corrected chi connectivity index (χ0v) is 11.0. The predicted octanol–water partition coefficient (Wildman–Crippen LogP) is 3.56. The fourth-order valence-corrected chi connectivity index (χ4v) is 2.00. The van der Waals surface area contributed by atoms with Crippen molar-refractivity contribution in [2.75, 3.05) is 11.9 Å². The number of pyridine rings is 1. The van der Waals surface area contributed by atoms with E-state index >= 15 is 0 Å². The molecule has 0 saturated carbocycles. The monoisotopic (exact) mass is 251 g/mol. The van der Waals surface area contributed by atoms with E-state index in [9.17, 15) is 0 Å². The Labute approximate surface area is 113 Å². The molecule has 1 atom stereocenters. The van der Waals surface area contributed by atoms with Gasteiger partial charge in [0, 0.05) is 12.7 Å². The predicted molar refractivity (Wildman–Crippen MR) is 76.9 cm³/mol. The van der Waals surface area contributed by atoms with E-state index in [-0.39, 0.29) is 0 Å². The van der Waals surface area contributed by atoms with Crippen LogP contribution in [-0.4, -0.2) is 11.5 Å². The number of hydrogen-bond donors (Lipinski definition) is 1. The lowest BCUT2D eigenvalue weighted by atomic mass is 9.98. The van der Waals surface area contributed by atoms with Crippen molar-refractivity contribution in [1.29, 1.82) is 5.26 Å². The zero-order valence-electron chi connectivity index (χ0n) is 11.0. The highest BCUT2D eigenvalue weighted by Gasteiger charge is 2.05. The summed E-state index contributed by atoms with van der Waals surface area (Å²) in [5.74, 6) is 0.496. The number of benzene rings is 1. The van der Waals surface area contributed by atoms with Gasteiger partial charge in [0.1, 0.15) is 6.07 Å². The maximum absolute atomic E-state index is 8.99. The van der Waals surface area contributed by atoms with E-state index in [2.05, 4.69) is 47.6 Å². The van der Waals surface area contributed by atoms with Crippen LogP contribution in [0.5, 0.6) is 0 Å². The molecule has 96 valence electrons. The zero-order chi connectivity index (χ0) is 13.5. The standard InChI is InChI=1S/C16H17N3/c1-13(14-5-3-2-4-6-14)7-10-19-16-12-18-9-8-15(16)11-17/h2-6,8-9,12-13,19H,7,10H2,1H3. The lowest BCUT2D eigenvalue weighted by Gasteiger charge is -2.13. The first-order valence-corrected chi connectivity index (χ1v) is 6.44. The largest absolute Gasteiger partial charge is 0.383 e. The van der Waals surface area contributed by atoms with E-state index in [1.54, 1.807) is 18.5 Å². The number of aromatic nitrogens is 1. The fraction of sp³-hybridized carbons (Fsp3) is 0.250. The molecule has 0 aliphatic heterocycles. The Kier molecular flexibility index (Phi) is 4.52. The number of anilines is 1. The van der Waals surface area contributed by atoms with Crippen molar-refractivity contribution in [2.45, 2.75) is 19.3 Å². The Morgan fingerprint density at radius 1 is 1.26 bits per heavy atom. The van der Waals surface area contributed by atoms with Crippen molar-refractivity contribution in [1.82, 2.24) is 4.98 Å². The van der Waals surface area contributed by atoms with Crippen LogP contribution in [0.25, 0.3) is 0 Å². The summed E-state index contributed by atoms with van der Waals surface area (Å²) in [5.41, 5.74) is 2.80. The summed E-state index contributed by atoms with van der Waals surface area (Å²) >= 11 is 0. The van der Waals surface area contributed by atoms with Gasteiger partial charge >= 0.3 is 0 Å². The van der Waals surface area contributed by atoms with Gasteiger partial charge in [-0.1, -0.05) is 37.3 Å². The Morgan fingerprint density at radius 2 is 2.05 bits per heavy atom. The van der Waals surface area contributed by atoms with E-state index in [0.29, 0.717) is 11.5 Å². The van der Waals surface area contributed by atoms with Crippen LogP contribution in [-0.2, 0) is 0 Å². The van der Waals surface area contributed by atoms with Crippen molar-refractivity contribution < 1.29 is 0 Å².